The average Bonchev–Trinajstić information content (AvgIpc) is 2.74. The Morgan fingerprint density at radius 2 is 1.71 bits per heavy atom. The summed E-state index contributed by atoms with van der Waals surface area (Å²) in [5.74, 6) is -0.579. The first kappa shape index (κ1) is 23.1. The molecule has 3 N–H and O–H groups in total. The van der Waals surface area contributed by atoms with Crippen molar-refractivity contribution in [3.8, 4) is 0 Å². The van der Waals surface area contributed by atoms with Gasteiger partial charge in [-0.05, 0) is 49.4 Å². The molecule has 0 spiro atoms. The Kier molecular flexibility index (Phi) is 7.61. The highest BCUT2D eigenvalue weighted by atomic mass is 32.2. The molecule has 1 saturated carbocycles. The first-order valence-electron chi connectivity index (χ1n) is 10.2. The minimum atomic E-state index is -3.98. The van der Waals surface area contributed by atoms with E-state index in [-0.39, 0.29) is 34.0 Å². The minimum Gasteiger partial charge on any atom is -0.349 e. The van der Waals surface area contributed by atoms with Gasteiger partial charge in [0.1, 0.15) is 0 Å². The van der Waals surface area contributed by atoms with E-state index >= 15 is 0 Å². The Hall–Kier alpha value is -2.52. The fourth-order valence-electron chi connectivity index (χ4n) is 3.63. The smallest absolute Gasteiger partial charge is 0.261 e. The van der Waals surface area contributed by atoms with E-state index < -0.39 is 10.0 Å². The normalized spacial score (nSPS) is 14.6. The second-order valence-electron chi connectivity index (χ2n) is 7.50. The standard InChI is InChI=1S/C22H27N3O4S2/c1-15(26)23-20-14-17(12-13-21(20)30-2)31(28,29)25-19-11-7-6-10-18(19)22(27)24-16-8-4-3-5-9-16/h6-7,10-14,16,25H,3-5,8-9H2,1-2H3,(H,23,26)(H,24,27). The summed E-state index contributed by atoms with van der Waals surface area (Å²) in [6, 6.07) is 11.2. The number of sulfonamides is 1. The number of anilines is 2. The van der Waals surface area contributed by atoms with Crippen LogP contribution in [0, 0.1) is 0 Å². The third-order valence-corrected chi connectivity index (χ3v) is 7.31. The fourth-order valence-corrected chi connectivity index (χ4v) is 5.27. The summed E-state index contributed by atoms with van der Waals surface area (Å²) in [7, 11) is -3.98. The van der Waals surface area contributed by atoms with Crippen molar-refractivity contribution in [3.63, 3.8) is 0 Å². The number of nitrogens with one attached hydrogen (secondary N) is 3. The van der Waals surface area contributed by atoms with Gasteiger partial charge >= 0.3 is 0 Å². The summed E-state index contributed by atoms with van der Waals surface area (Å²) < 4.78 is 28.6. The van der Waals surface area contributed by atoms with Crippen LogP contribution in [0.15, 0.2) is 52.3 Å². The molecule has 0 unspecified atom stereocenters. The molecule has 1 aliphatic rings. The average molecular weight is 462 g/mol. The van der Waals surface area contributed by atoms with Crippen molar-refractivity contribution in [1.82, 2.24) is 5.32 Å². The second-order valence-corrected chi connectivity index (χ2v) is 10.0. The zero-order valence-corrected chi connectivity index (χ0v) is 19.2. The molecule has 0 aromatic heterocycles. The third kappa shape index (κ3) is 6.01. The largest absolute Gasteiger partial charge is 0.349 e. The number of rotatable bonds is 7. The van der Waals surface area contributed by atoms with E-state index in [1.54, 1.807) is 30.3 Å². The molecule has 2 aromatic carbocycles. The van der Waals surface area contributed by atoms with Crippen LogP contribution < -0.4 is 15.4 Å². The van der Waals surface area contributed by atoms with Gasteiger partial charge in [-0.15, -0.1) is 11.8 Å². The molecule has 2 aromatic rings. The topological polar surface area (TPSA) is 104 Å². The number of benzene rings is 2. The van der Waals surface area contributed by atoms with Crippen molar-refractivity contribution in [2.45, 2.75) is 54.9 Å². The van der Waals surface area contributed by atoms with E-state index in [0.717, 1.165) is 30.6 Å². The summed E-state index contributed by atoms with van der Waals surface area (Å²) in [5, 5.41) is 5.68. The van der Waals surface area contributed by atoms with Gasteiger partial charge in [-0.1, -0.05) is 31.4 Å². The first-order chi connectivity index (χ1) is 14.8. The monoisotopic (exact) mass is 461 g/mol. The van der Waals surface area contributed by atoms with E-state index in [1.807, 2.05) is 6.26 Å². The molecule has 9 heteroatoms. The van der Waals surface area contributed by atoms with E-state index in [4.69, 9.17) is 0 Å². The zero-order chi connectivity index (χ0) is 22.4. The van der Waals surface area contributed by atoms with Gasteiger partial charge in [-0.3, -0.25) is 14.3 Å². The highest BCUT2D eigenvalue weighted by molar-refractivity contribution is 7.98. The van der Waals surface area contributed by atoms with E-state index in [2.05, 4.69) is 15.4 Å². The van der Waals surface area contributed by atoms with Crippen molar-refractivity contribution in [3.05, 3.63) is 48.0 Å². The number of amides is 2. The maximum Gasteiger partial charge on any atom is 0.261 e. The van der Waals surface area contributed by atoms with Crippen molar-refractivity contribution in [2.24, 2.45) is 0 Å². The van der Waals surface area contributed by atoms with Crippen LogP contribution in [0.5, 0.6) is 0 Å². The molecular formula is C22H27N3O4S2. The lowest BCUT2D eigenvalue weighted by atomic mass is 9.95. The SMILES string of the molecule is CSc1ccc(S(=O)(=O)Nc2ccccc2C(=O)NC2CCCCC2)cc1NC(C)=O. The lowest BCUT2D eigenvalue weighted by Gasteiger charge is -2.23. The Labute approximate surface area is 187 Å². The maximum atomic E-state index is 13.0. The van der Waals surface area contributed by atoms with Crippen LogP contribution in [0.25, 0.3) is 0 Å². The van der Waals surface area contributed by atoms with Gasteiger partial charge in [0.05, 0.1) is 21.8 Å². The number of hydrogen-bond donors (Lipinski definition) is 3. The van der Waals surface area contributed by atoms with E-state index in [9.17, 15) is 18.0 Å². The molecule has 0 atom stereocenters. The Bertz CT molecular complexity index is 1060. The Balaban J connectivity index is 1.85. The van der Waals surface area contributed by atoms with Crippen LogP contribution in [0.1, 0.15) is 49.4 Å². The van der Waals surface area contributed by atoms with Crippen molar-refractivity contribution in [1.29, 1.82) is 0 Å². The van der Waals surface area contributed by atoms with Crippen LogP contribution in [0.4, 0.5) is 11.4 Å². The van der Waals surface area contributed by atoms with Gasteiger partial charge < -0.3 is 10.6 Å². The molecule has 7 nitrogen and oxygen atoms in total. The molecule has 0 saturated heterocycles. The highest BCUT2D eigenvalue weighted by Gasteiger charge is 2.22. The molecule has 1 fully saturated rings. The van der Waals surface area contributed by atoms with Crippen molar-refractivity contribution >= 4 is 45.0 Å². The maximum absolute atomic E-state index is 13.0. The number of thioether (sulfide) groups is 1. The van der Waals surface area contributed by atoms with Gasteiger partial charge in [0.2, 0.25) is 5.91 Å². The molecule has 0 heterocycles. The van der Waals surface area contributed by atoms with Gasteiger partial charge in [0, 0.05) is 17.9 Å². The number of hydrogen-bond acceptors (Lipinski definition) is 5. The molecule has 166 valence electrons. The summed E-state index contributed by atoms with van der Waals surface area (Å²) >= 11 is 1.40. The summed E-state index contributed by atoms with van der Waals surface area (Å²) in [5.41, 5.74) is 0.913. The predicted octanol–water partition coefficient (Wildman–Crippen LogP) is 4.23. The fraction of sp³-hybridized carbons (Fsp3) is 0.364. The lowest BCUT2D eigenvalue weighted by Crippen LogP contribution is -2.36. The minimum absolute atomic E-state index is 0.00320. The van der Waals surface area contributed by atoms with E-state index in [1.165, 1.54) is 37.2 Å². The first-order valence-corrected chi connectivity index (χ1v) is 12.9. The van der Waals surface area contributed by atoms with E-state index in [0.29, 0.717) is 5.69 Å². The zero-order valence-electron chi connectivity index (χ0n) is 17.6. The second kappa shape index (κ2) is 10.2. The molecule has 3 rings (SSSR count). The molecule has 31 heavy (non-hydrogen) atoms. The number of carbonyl (C=O) groups is 2. The molecule has 2 amide bonds. The number of para-hydroxylation sites is 1. The van der Waals surface area contributed by atoms with Gasteiger partial charge in [-0.2, -0.15) is 0 Å². The Morgan fingerprint density at radius 1 is 1.00 bits per heavy atom. The predicted molar refractivity (Wildman–Crippen MR) is 124 cm³/mol. The van der Waals surface area contributed by atoms with Crippen LogP contribution >= 0.6 is 11.8 Å². The van der Waals surface area contributed by atoms with Gasteiger partial charge in [-0.25, -0.2) is 8.42 Å². The molecule has 0 aliphatic heterocycles. The van der Waals surface area contributed by atoms with Crippen LogP contribution in [0.2, 0.25) is 0 Å². The van der Waals surface area contributed by atoms with Gasteiger partial charge in [0.25, 0.3) is 15.9 Å². The van der Waals surface area contributed by atoms with Crippen LogP contribution in [-0.4, -0.2) is 32.5 Å². The van der Waals surface area contributed by atoms with Gasteiger partial charge in [0.15, 0.2) is 0 Å². The quantitative estimate of drug-likeness (QED) is 0.535. The highest BCUT2D eigenvalue weighted by Crippen LogP contribution is 2.29. The lowest BCUT2D eigenvalue weighted by molar-refractivity contribution is -0.114. The van der Waals surface area contributed by atoms with Crippen molar-refractivity contribution < 1.29 is 18.0 Å². The van der Waals surface area contributed by atoms with Crippen LogP contribution in [-0.2, 0) is 14.8 Å². The van der Waals surface area contributed by atoms with Crippen molar-refractivity contribution in [2.75, 3.05) is 16.3 Å². The third-order valence-electron chi connectivity index (χ3n) is 5.15. The Morgan fingerprint density at radius 3 is 2.39 bits per heavy atom. The molecular weight excluding hydrogens is 434 g/mol. The number of carbonyl (C=O) groups excluding carboxylic acids is 2. The molecule has 1 aliphatic carbocycles. The molecule has 0 bridgehead atoms. The molecule has 0 radical (unpaired) electrons. The summed E-state index contributed by atoms with van der Waals surface area (Å²) in [6.45, 7) is 1.37. The van der Waals surface area contributed by atoms with Crippen LogP contribution in [0.3, 0.4) is 0 Å². The summed E-state index contributed by atoms with van der Waals surface area (Å²) in [4.78, 5) is 25.1. The summed E-state index contributed by atoms with van der Waals surface area (Å²) in [6.07, 6.45) is 7.07.